The number of ketones is 3. The lowest BCUT2D eigenvalue weighted by atomic mass is 9.45. The van der Waals surface area contributed by atoms with Gasteiger partial charge in [-0.1, -0.05) is 13.8 Å². The lowest BCUT2D eigenvalue weighted by Crippen LogP contribution is -2.56. The molecule has 3 heteroatoms. The van der Waals surface area contributed by atoms with Crippen LogP contribution in [0.15, 0.2) is 0 Å². The molecule has 0 N–H and O–H groups in total. The molecule has 0 heterocycles. The van der Waals surface area contributed by atoms with Crippen LogP contribution in [0.4, 0.5) is 0 Å². The molecule has 6 atom stereocenters. The van der Waals surface area contributed by atoms with Gasteiger partial charge in [0.15, 0.2) is 0 Å². The van der Waals surface area contributed by atoms with Crippen molar-refractivity contribution in [3.8, 4) is 0 Å². The Kier molecular flexibility index (Phi) is 3.00. The molecule has 4 aliphatic carbocycles. The van der Waals surface area contributed by atoms with Gasteiger partial charge in [-0.25, -0.2) is 0 Å². The first kappa shape index (κ1) is 14.6. The highest BCUT2D eigenvalue weighted by atomic mass is 16.1. The van der Waals surface area contributed by atoms with Crippen molar-refractivity contribution < 1.29 is 14.4 Å². The maximum atomic E-state index is 12.8. The molecule has 0 aliphatic heterocycles. The second kappa shape index (κ2) is 4.52. The molecule has 0 spiro atoms. The summed E-state index contributed by atoms with van der Waals surface area (Å²) in [5.41, 5.74) is -0.171. The van der Waals surface area contributed by atoms with Gasteiger partial charge in [-0.3, -0.25) is 14.4 Å². The predicted molar refractivity (Wildman–Crippen MR) is 82.1 cm³/mol. The monoisotopic (exact) mass is 302 g/mol. The summed E-state index contributed by atoms with van der Waals surface area (Å²) in [6, 6.07) is 0. The van der Waals surface area contributed by atoms with Gasteiger partial charge in [-0.2, -0.15) is 0 Å². The highest BCUT2D eigenvalue weighted by molar-refractivity contribution is 5.91. The Morgan fingerprint density at radius 1 is 0.909 bits per heavy atom. The number of Topliss-reactive ketones (excluding diaryl/α,β-unsaturated/α-hetero) is 3. The third-order valence-electron chi connectivity index (χ3n) is 7.99. The first-order valence-corrected chi connectivity index (χ1v) is 8.94. The number of carbonyl (C=O) groups is 3. The van der Waals surface area contributed by atoms with Crippen molar-refractivity contribution in [1.29, 1.82) is 0 Å². The van der Waals surface area contributed by atoms with Gasteiger partial charge in [0.25, 0.3) is 0 Å². The Hall–Kier alpha value is -0.990. The highest BCUT2D eigenvalue weighted by Gasteiger charge is 2.62. The van der Waals surface area contributed by atoms with E-state index >= 15 is 0 Å². The third kappa shape index (κ3) is 1.71. The Balaban J connectivity index is 1.71. The Bertz CT molecular complexity index is 565. The van der Waals surface area contributed by atoms with Crippen molar-refractivity contribution in [2.24, 2.45) is 34.5 Å². The number of hydrogen-bond acceptors (Lipinski definition) is 3. The smallest absolute Gasteiger partial charge is 0.139 e. The van der Waals surface area contributed by atoms with E-state index in [1.54, 1.807) is 0 Å². The maximum absolute atomic E-state index is 12.8. The van der Waals surface area contributed by atoms with E-state index < -0.39 is 0 Å². The van der Waals surface area contributed by atoms with Gasteiger partial charge in [0.2, 0.25) is 0 Å². The average Bonchev–Trinajstić information content (AvgIpc) is 2.77. The van der Waals surface area contributed by atoms with Crippen LogP contribution in [0.5, 0.6) is 0 Å². The molecular weight excluding hydrogens is 276 g/mol. The molecule has 0 aromatic rings. The van der Waals surface area contributed by atoms with E-state index in [1.165, 1.54) is 0 Å². The lowest BCUT2D eigenvalue weighted by Gasteiger charge is -2.58. The van der Waals surface area contributed by atoms with Crippen LogP contribution in [0.2, 0.25) is 0 Å². The minimum Gasteiger partial charge on any atom is -0.300 e. The fourth-order valence-corrected chi connectivity index (χ4v) is 6.61. The van der Waals surface area contributed by atoms with Crippen molar-refractivity contribution in [2.45, 2.75) is 65.2 Å². The summed E-state index contributed by atoms with van der Waals surface area (Å²) >= 11 is 0. The molecule has 4 saturated carbocycles. The van der Waals surface area contributed by atoms with Gasteiger partial charge in [0.05, 0.1) is 0 Å². The summed E-state index contributed by atoms with van der Waals surface area (Å²) in [6.45, 7) is 4.41. The predicted octanol–water partition coefficient (Wildman–Crippen LogP) is 3.35. The molecule has 3 nitrogen and oxygen atoms in total. The van der Waals surface area contributed by atoms with Crippen molar-refractivity contribution in [3.05, 3.63) is 0 Å². The summed E-state index contributed by atoms with van der Waals surface area (Å²) < 4.78 is 0. The SMILES string of the molecule is C[C@]12CCC(=O)C[C@@H]1C(=O)C[C@@H]1[C@H]2CC[C@]2(C)C(=O)CC[C@H]12. The second-order valence-electron chi connectivity index (χ2n) is 8.77. The molecule has 0 saturated heterocycles. The van der Waals surface area contributed by atoms with Crippen LogP contribution in [-0.2, 0) is 14.4 Å². The van der Waals surface area contributed by atoms with Gasteiger partial charge in [-0.05, 0) is 48.9 Å². The molecule has 0 bridgehead atoms. The van der Waals surface area contributed by atoms with E-state index in [9.17, 15) is 14.4 Å². The van der Waals surface area contributed by atoms with Gasteiger partial charge in [-0.15, -0.1) is 0 Å². The molecule has 0 amide bonds. The van der Waals surface area contributed by atoms with E-state index in [0.29, 0.717) is 55.0 Å². The number of carbonyl (C=O) groups excluding carboxylic acids is 3. The van der Waals surface area contributed by atoms with Gasteiger partial charge in [0.1, 0.15) is 17.3 Å². The minimum atomic E-state index is -0.171. The molecule has 4 aliphatic rings. The number of hydrogen-bond donors (Lipinski definition) is 0. The van der Waals surface area contributed by atoms with Crippen molar-refractivity contribution in [3.63, 3.8) is 0 Å². The topological polar surface area (TPSA) is 51.2 Å². The Morgan fingerprint density at radius 3 is 2.45 bits per heavy atom. The minimum absolute atomic E-state index is 0.000871. The average molecular weight is 302 g/mol. The first-order valence-electron chi connectivity index (χ1n) is 8.94. The van der Waals surface area contributed by atoms with Crippen LogP contribution in [0.25, 0.3) is 0 Å². The van der Waals surface area contributed by atoms with Crippen LogP contribution in [0.1, 0.15) is 65.2 Å². The van der Waals surface area contributed by atoms with Crippen LogP contribution in [-0.4, -0.2) is 17.3 Å². The molecule has 0 radical (unpaired) electrons. The van der Waals surface area contributed by atoms with Crippen molar-refractivity contribution in [1.82, 2.24) is 0 Å². The zero-order valence-electron chi connectivity index (χ0n) is 13.7. The fraction of sp³-hybridized carbons (Fsp3) is 0.842. The third-order valence-corrected chi connectivity index (χ3v) is 7.99. The van der Waals surface area contributed by atoms with E-state index in [4.69, 9.17) is 0 Å². The molecule has 22 heavy (non-hydrogen) atoms. The molecule has 0 aromatic carbocycles. The second-order valence-corrected chi connectivity index (χ2v) is 8.77. The number of rotatable bonds is 0. The van der Waals surface area contributed by atoms with Crippen LogP contribution in [0.3, 0.4) is 0 Å². The fourth-order valence-electron chi connectivity index (χ4n) is 6.61. The van der Waals surface area contributed by atoms with Crippen LogP contribution < -0.4 is 0 Å². The molecule has 0 unspecified atom stereocenters. The van der Waals surface area contributed by atoms with E-state index in [2.05, 4.69) is 13.8 Å². The summed E-state index contributed by atoms with van der Waals surface area (Å²) in [5.74, 6) is 2.27. The normalized spacial score (nSPS) is 51.3. The Labute approximate surface area is 132 Å². The van der Waals surface area contributed by atoms with Crippen molar-refractivity contribution >= 4 is 17.3 Å². The maximum Gasteiger partial charge on any atom is 0.139 e. The van der Waals surface area contributed by atoms with E-state index in [1.807, 2.05) is 0 Å². The summed E-state index contributed by atoms with van der Waals surface area (Å²) in [7, 11) is 0. The first-order chi connectivity index (χ1) is 10.4. The highest BCUT2D eigenvalue weighted by Crippen LogP contribution is 2.64. The zero-order valence-corrected chi connectivity index (χ0v) is 13.7. The molecule has 4 fully saturated rings. The molecular formula is C19H26O3. The summed E-state index contributed by atoms with van der Waals surface area (Å²) in [4.78, 5) is 37.0. The molecule has 0 aromatic heterocycles. The summed E-state index contributed by atoms with van der Waals surface area (Å²) in [6.07, 6.45) is 6.34. The van der Waals surface area contributed by atoms with Crippen molar-refractivity contribution in [2.75, 3.05) is 0 Å². The Morgan fingerprint density at radius 2 is 1.68 bits per heavy atom. The zero-order chi connectivity index (χ0) is 15.7. The standard InChI is InChI=1S/C19H26O3/c1-18-7-5-11(20)9-15(18)16(21)10-12-13-3-4-17(22)19(13,2)8-6-14(12)18/h12-15H,3-10H2,1-2H3/t12-,13+,14+,15+,18+,19-/m0/s1. The number of fused-ring (bicyclic) bond motifs is 5. The van der Waals surface area contributed by atoms with Gasteiger partial charge in [0, 0.05) is 37.0 Å². The summed E-state index contributed by atoms with van der Waals surface area (Å²) in [5, 5.41) is 0. The van der Waals surface area contributed by atoms with Crippen LogP contribution in [0, 0.1) is 34.5 Å². The lowest BCUT2D eigenvalue weighted by molar-refractivity contribution is -0.159. The quantitative estimate of drug-likeness (QED) is 0.689. The van der Waals surface area contributed by atoms with Gasteiger partial charge >= 0.3 is 0 Å². The van der Waals surface area contributed by atoms with E-state index in [0.717, 1.165) is 25.7 Å². The van der Waals surface area contributed by atoms with Gasteiger partial charge < -0.3 is 0 Å². The largest absolute Gasteiger partial charge is 0.300 e. The molecule has 120 valence electrons. The molecule has 4 rings (SSSR count). The van der Waals surface area contributed by atoms with E-state index in [-0.39, 0.29) is 22.5 Å². The van der Waals surface area contributed by atoms with Crippen LogP contribution >= 0.6 is 0 Å².